The van der Waals surface area contributed by atoms with Crippen molar-refractivity contribution in [3.05, 3.63) is 11.7 Å². The highest BCUT2D eigenvalue weighted by atomic mass is 16.5. The van der Waals surface area contributed by atoms with Crippen LogP contribution in [0.4, 0.5) is 0 Å². The van der Waals surface area contributed by atoms with Crippen LogP contribution in [-0.4, -0.2) is 34.6 Å². The molecule has 1 saturated carbocycles. The maximum absolute atomic E-state index is 10.1. The Hall–Kier alpha value is -0.940. The highest BCUT2D eigenvalue weighted by Gasteiger charge is 2.27. The summed E-state index contributed by atoms with van der Waals surface area (Å²) in [4.78, 5) is 4.39. The van der Waals surface area contributed by atoms with Gasteiger partial charge in [-0.3, -0.25) is 0 Å². The van der Waals surface area contributed by atoms with Gasteiger partial charge in [0.05, 0.1) is 19.1 Å². The Bertz CT molecular complexity index is 381. The second-order valence-corrected chi connectivity index (χ2v) is 5.42. The number of aromatic nitrogens is 2. The minimum Gasteiger partial charge on any atom is -0.392 e. The van der Waals surface area contributed by atoms with Crippen LogP contribution in [0.2, 0.25) is 0 Å². The van der Waals surface area contributed by atoms with E-state index in [4.69, 9.17) is 9.26 Å². The third kappa shape index (κ3) is 2.57. The Morgan fingerprint density at radius 1 is 1.28 bits per heavy atom. The first-order chi connectivity index (χ1) is 8.83. The Morgan fingerprint density at radius 2 is 2.11 bits per heavy atom. The van der Waals surface area contributed by atoms with Crippen LogP contribution < -0.4 is 0 Å². The molecule has 1 N–H and O–H groups in total. The van der Waals surface area contributed by atoms with Crippen molar-refractivity contribution in [2.75, 3.05) is 13.2 Å². The smallest absolute Gasteiger partial charge is 0.229 e. The van der Waals surface area contributed by atoms with Gasteiger partial charge in [-0.1, -0.05) is 18.0 Å². The van der Waals surface area contributed by atoms with Crippen LogP contribution in [0.1, 0.15) is 49.7 Å². The van der Waals surface area contributed by atoms with E-state index in [0.717, 1.165) is 31.7 Å². The van der Waals surface area contributed by atoms with Gasteiger partial charge in [-0.25, -0.2) is 0 Å². The van der Waals surface area contributed by atoms with E-state index < -0.39 is 0 Å². The third-order valence-corrected chi connectivity index (χ3v) is 4.11. The molecular weight excluding hydrogens is 232 g/mol. The Balaban J connectivity index is 1.58. The summed E-state index contributed by atoms with van der Waals surface area (Å²) in [5, 5.41) is 14.1. The van der Waals surface area contributed by atoms with E-state index in [1.165, 1.54) is 12.8 Å². The van der Waals surface area contributed by atoms with Crippen molar-refractivity contribution < 1.29 is 14.4 Å². The third-order valence-electron chi connectivity index (χ3n) is 4.11. The van der Waals surface area contributed by atoms with Crippen molar-refractivity contribution >= 4 is 0 Å². The van der Waals surface area contributed by atoms with Crippen LogP contribution in [0.25, 0.3) is 0 Å². The summed E-state index contributed by atoms with van der Waals surface area (Å²) < 4.78 is 10.5. The fourth-order valence-corrected chi connectivity index (χ4v) is 2.94. The quantitative estimate of drug-likeness (QED) is 0.882. The van der Waals surface area contributed by atoms with Crippen molar-refractivity contribution in [2.45, 2.75) is 50.5 Å². The predicted molar refractivity (Wildman–Crippen MR) is 64.1 cm³/mol. The first kappa shape index (κ1) is 12.1. The first-order valence-corrected chi connectivity index (χ1v) is 6.91. The summed E-state index contributed by atoms with van der Waals surface area (Å²) in [6.45, 7) is 1.46. The van der Waals surface area contributed by atoms with Gasteiger partial charge in [0.2, 0.25) is 5.89 Å². The number of ether oxygens (including phenoxy) is 1. The number of hydrogen-bond donors (Lipinski definition) is 1. The maximum atomic E-state index is 10.1. The summed E-state index contributed by atoms with van der Waals surface area (Å²) in [5.74, 6) is 1.98. The average Bonchev–Trinajstić information content (AvgIpc) is 3.12. The molecule has 1 aliphatic carbocycles. The van der Waals surface area contributed by atoms with Crippen LogP contribution in [-0.2, 0) is 11.2 Å². The molecule has 0 bridgehead atoms. The topological polar surface area (TPSA) is 68.4 Å². The van der Waals surface area contributed by atoms with Crippen molar-refractivity contribution in [2.24, 2.45) is 5.92 Å². The molecular formula is C13H20N2O3. The molecule has 5 nitrogen and oxygen atoms in total. The fourth-order valence-electron chi connectivity index (χ4n) is 2.94. The highest BCUT2D eigenvalue weighted by molar-refractivity contribution is 4.98. The van der Waals surface area contributed by atoms with Crippen LogP contribution in [0.5, 0.6) is 0 Å². The lowest BCUT2D eigenvalue weighted by atomic mass is 9.98. The van der Waals surface area contributed by atoms with Crippen LogP contribution >= 0.6 is 0 Å². The molecule has 1 aromatic rings. The molecule has 0 amide bonds. The summed E-state index contributed by atoms with van der Waals surface area (Å²) in [6.07, 6.45) is 5.83. The minimum atomic E-state index is -0.333. The summed E-state index contributed by atoms with van der Waals surface area (Å²) in [5.41, 5.74) is 0. The van der Waals surface area contributed by atoms with Gasteiger partial charge in [-0.05, 0) is 25.2 Å². The lowest BCUT2D eigenvalue weighted by Crippen LogP contribution is -2.20. The molecule has 5 heteroatoms. The molecule has 1 saturated heterocycles. The summed E-state index contributed by atoms with van der Waals surface area (Å²) in [6, 6.07) is 0. The van der Waals surface area contributed by atoms with Gasteiger partial charge in [-0.2, -0.15) is 4.98 Å². The molecule has 1 aliphatic heterocycles. The molecule has 3 rings (SSSR count). The van der Waals surface area contributed by atoms with Gasteiger partial charge in [0, 0.05) is 12.5 Å². The molecule has 1 aromatic heterocycles. The predicted octanol–water partition coefficient (Wildman–Crippen LogP) is 1.67. The van der Waals surface area contributed by atoms with Gasteiger partial charge in [0.15, 0.2) is 5.82 Å². The van der Waals surface area contributed by atoms with E-state index in [0.29, 0.717) is 24.8 Å². The Kier molecular flexibility index (Phi) is 3.61. The van der Waals surface area contributed by atoms with Crippen LogP contribution in [0.15, 0.2) is 4.52 Å². The number of hydrogen-bond acceptors (Lipinski definition) is 5. The van der Waals surface area contributed by atoms with Crippen molar-refractivity contribution in [1.29, 1.82) is 0 Å². The van der Waals surface area contributed by atoms with Gasteiger partial charge in [0.25, 0.3) is 0 Å². The van der Waals surface area contributed by atoms with E-state index in [1.807, 2.05) is 0 Å². The molecule has 0 aromatic carbocycles. The maximum Gasteiger partial charge on any atom is 0.229 e. The van der Waals surface area contributed by atoms with Crippen LogP contribution in [0, 0.1) is 5.92 Å². The summed E-state index contributed by atoms with van der Waals surface area (Å²) >= 11 is 0. The molecule has 100 valence electrons. The lowest BCUT2D eigenvalue weighted by molar-refractivity contribution is 0.102. The second kappa shape index (κ2) is 5.36. The van der Waals surface area contributed by atoms with E-state index >= 15 is 0 Å². The van der Waals surface area contributed by atoms with Gasteiger partial charge in [0.1, 0.15) is 0 Å². The lowest BCUT2D eigenvalue weighted by Gasteiger charge is -2.14. The second-order valence-electron chi connectivity index (χ2n) is 5.42. The van der Waals surface area contributed by atoms with E-state index in [2.05, 4.69) is 10.1 Å². The number of rotatable bonds is 4. The van der Waals surface area contributed by atoms with Crippen molar-refractivity contribution in [3.63, 3.8) is 0 Å². The average molecular weight is 252 g/mol. The fraction of sp³-hybridized carbons (Fsp3) is 0.846. The van der Waals surface area contributed by atoms with Crippen molar-refractivity contribution in [3.8, 4) is 0 Å². The SMILES string of the molecule is OC(Cc1nc(C2CCOC2)no1)C1CCCC1. The van der Waals surface area contributed by atoms with Gasteiger partial charge >= 0.3 is 0 Å². The molecule has 2 heterocycles. The number of aliphatic hydroxyl groups excluding tert-OH is 1. The molecule has 2 atom stereocenters. The van der Waals surface area contributed by atoms with E-state index in [-0.39, 0.29) is 12.0 Å². The van der Waals surface area contributed by atoms with E-state index in [9.17, 15) is 5.11 Å². The van der Waals surface area contributed by atoms with Gasteiger partial charge in [-0.15, -0.1) is 0 Å². The van der Waals surface area contributed by atoms with Crippen LogP contribution in [0.3, 0.4) is 0 Å². The summed E-state index contributed by atoms with van der Waals surface area (Å²) in [7, 11) is 0. The molecule has 0 spiro atoms. The van der Waals surface area contributed by atoms with Gasteiger partial charge < -0.3 is 14.4 Å². The zero-order valence-corrected chi connectivity index (χ0v) is 10.5. The molecule has 2 fully saturated rings. The largest absolute Gasteiger partial charge is 0.392 e. The highest BCUT2D eigenvalue weighted by Crippen LogP contribution is 2.29. The number of aliphatic hydroxyl groups is 1. The minimum absolute atomic E-state index is 0.270. The molecule has 2 unspecified atom stereocenters. The zero-order chi connectivity index (χ0) is 12.4. The monoisotopic (exact) mass is 252 g/mol. The zero-order valence-electron chi connectivity index (χ0n) is 10.5. The Labute approximate surface area is 107 Å². The van der Waals surface area contributed by atoms with E-state index in [1.54, 1.807) is 0 Å². The normalized spacial score (nSPS) is 26.8. The van der Waals surface area contributed by atoms with Crippen molar-refractivity contribution in [1.82, 2.24) is 10.1 Å². The standard InChI is InChI=1S/C13H20N2O3/c16-11(9-3-1-2-4-9)7-12-14-13(15-18-12)10-5-6-17-8-10/h9-11,16H,1-8H2. The molecule has 0 radical (unpaired) electrons. The first-order valence-electron chi connectivity index (χ1n) is 6.91. The number of nitrogens with zero attached hydrogens (tertiary/aromatic N) is 2. The molecule has 18 heavy (non-hydrogen) atoms. The Morgan fingerprint density at radius 3 is 2.83 bits per heavy atom. The molecule has 2 aliphatic rings.